The van der Waals surface area contributed by atoms with E-state index < -0.39 is 6.10 Å². The lowest BCUT2D eigenvalue weighted by Crippen LogP contribution is -2.34. The fraction of sp³-hybridized carbons (Fsp3) is 0.571. The van der Waals surface area contributed by atoms with Crippen LogP contribution in [0.25, 0.3) is 0 Å². The average Bonchev–Trinajstić information content (AvgIpc) is 3.07. The number of ether oxygens (including phenoxy) is 1. The first-order valence-corrected chi connectivity index (χ1v) is 7.21. The minimum atomic E-state index is -0.574. The lowest BCUT2D eigenvalue weighted by atomic mass is 10.1. The SMILES string of the molecule is CC1(CNCC(O)COc2c(Cl)cccc2Cl)CC1. The summed E-state index contributed by atoms with van der Waals surface area (Å²) in [5.74, 6) is 0.430. The maximum absolute atomic E-state index is 9.84. The van der Waals surface area contributed by atoms with Crippen LogP contribution in [0.3, 0.4) is 0 Å². The summed E-state index contributed by atoms with van der Waals surface area (Å²) in [7, 11) is 0. The van der Waals surface area contributed by atoms with Gasteiger partial charge in [-0.2, -0.15) is 0 Å². The molecule has 1 atom stereocenters. The van der Waals surface area contributed by atoms with Gasteiger partial charge in [0.1, 0.15) is 12.7 Å². The molecule has 1 aliphatic rings. The van der Waals surface area contributed by atoms with Crippen LogP contribution >= 0.6 is 23.2 Å². The van der Waals surface area contributed by atoms with E-state index in [1.165, 1.54) is 12.8 Å². The Morgan fingerprint density at radius 3 is 2.58 bits per heavy atom. The molecule has 106 valence electrons. The van der Waals surface area contributed by atoms with E-state index in [2.05, 4.69) is 12.2 Å². The van der Waals surface area contributed by atoms with Crippen molar-refractivity contribution in [3.8, 4) is 5.75 Å². The van der Waals surface area contributed by atoms with Gasteiger partial charge >= 0.3 is 0 Å². The molecule has 3 nitrogen and oxygen atoms in total. The molecule has 1 aromatic rings. The van der Waals surface area contributed by atoms with E-state index in [9.17, 15) is 5.11 Å². The number of rotatable bonds is 7. The van der Waals surface area contributed by atoms with Crippen molar-refractivity contribution in [2.24, 2.45) is 5.41 Å². The number of benzene rings is 1. The first-order valence-electron chi connectivity index (χ1n) is 6.46. The van der Waals surface area contributed by atoms with Crippen LogP contribution in [0.4, 0.5) is 0 Å². The van der Waals surface area contributed by atoms with Crippen LogP contribution in [0.15, 0.2) is 18.2 Å². The highest BCUT2D eigenvalue weighted by molar-refractivity contribution is 6.37. The lowest BCUT2D eigenvalue weighted by Gasteiger charge is -2.16. The van der Waals surface area contributed by atoms with Crippen molar-refractivity contribution in [3.63, 3.8) is 0 Å². The topological polar surface area (TPSA) is 41.5 Å². The van der Waals surface area contributed by atoms with Gasteiger partial charge in [-0.1, -0.05) is 36.2 Å². The van der Waals surface area contributed by atoms with E-state index in [0.717, 1.165) is 6.54 Å². The zero-order chi connectivity index (χ0) is 13.9. The summed E-state index contributed by atoms with van der Waals surface area (Å²) < 4.78 is 5.47. The van der Waals surface area contributed by atoms with Crippen molar-refractivity contribution in [1.82, 2.24) is 5.32 Å². The molecule has 0 aliphatic heterocycles. The quantitative estimate of drug-likeness (QED) is 0.813. The highest BCUT2D eigenvalue weighted by Crippen LogP contribution is 2.43. The maximum Gasteiger partial charge on any atom is 0.156 e. The van der Waals surface area contributed by atoms with E-state index in [0.29, 0.717) is 27.8 Å². The van der Waals surface area contributed by atoms with Crippen molar-refractivity contribution in [3.05, 3.63) is 28.2 Å². The van der Waals surface area contributed by atoms with Gasteiger partial charge in [0.25, 0.3) is 0 Å². The van der Waals surface area contributed by atoms with Crippen LogP contribution in [0.5, 0.6) is 5.75 Å². The molecule has 2 N–H and O–H groups in total. The Kier molecular flexibility index (Phi) is 4.96. The van der Waals surface area contributed by atoms with E-state index in [1.54, 1.807) is 18.2 Å². The summed E-state index contributed by atoms with van der Waals surface area (Å²) >= 11 is 12.0. The van der Waals surface area contributed by atoms with Gasteiger partial charge in [0.05, 0.1) is 10.0 Å². The van der Waals surface area contributed by atoms with Crippen LogP contribution in [0.2, 0.25) is 10.0 Å². The number of para-hydroxylation sites is 1. The molecule has 0 radical (unpaired) electrons. The molecule has 0 saturated heterocycles. The van der Waals surface area contributed by atoms with Gasteiger partial charge < -0.3 is 15.2 Å². The molecular weight excluding hydrogens is 285 g/mol. The Labute approximate surface area is 123 Å². The first kappa shape index (κ1) is 14.9. The van der Waals surface area contributed by atoms with E-state index in [1.807, 2.05) is 0 Å². The molecule has 1 aliphatic carbocycles. The monoisotopic (exact) mass is 303 g/mol. The molecule has 0 amide bonds. The van der Waals surface area contributed by atoms with E-state index in [4.69, 9.17) is 27.9 Å². The number of hydrogen-bond acceptors (Lipinski definition) is 3. The average molecular weight is 304 g/mol. The van der Waals surface area contributed by atoms with Gasteiger partial charge in [0.15, 0.2) is 5.75 Å². The third-order valence-electron chi connectivity index (χ3n) is 3.37. The Morgan fingerprint density at radius 1 is 1.37 bits per heavy atom. The standard InChI is InChI=1S/C14H19Cl2NO2/c1-14(5-6-14)9-17-7-10(18)8-19-13-11(15)3-2-4-12(13)16/h2-4,10,17-18H,5-9H2,1H3. The highest BCUT2D eigenvalue weighted by atomic mass is 35.5. The molecule has 5 heteroatoms. The summed E-state index contributed by atoms with van der Waals surface area (Å²) in [4.78, 5) is 0. The highest BCUT2D eigenvalue weighted by Gasteiger charge is 2.36. The van der Waals surface area contributed by atoms with Crippen LogP contribution in [-0.4, -0.2) is 30.9 Å². The molecule has 1 aromatic carbocycles. The molecular formula is C14H19Cl2NO2. The Morgan fingerprint density at radius 2 is 2.00 bits per heavy atom. The second kappa shape index (κ2) is 6.31. The Hall–Kier alpha value is -0.480. The van der Waals surface area contributed by atoms with Crippen molar-refractivity contribution in [1.29, 1.82) is 0 Å². The lowest BCUT2D eigenvalue weighted by molar-refractivity contribution is 0.105. The molecule has 19 heavy (non-hydrogen) atoms. The van der Waals surface area contributed by atoms with Crippen LogP contribution in [0.1, 0.15) is 19.8 Å². The third-order valence-corrected chi connectivity index (χ3v) is 3.97. The fourth-order valence-corrected chi connectivity index (χ4v) is 2.30. The first-order chi connectivity index (χ1) is 9.00. The molecule has 1 saturated carbocycles. The van der Waals surface area contributed by atoms with Crippen LogP contribution in [0, 0.1) is 5.41 Å². The Balaban J connectivity index is 1.72. The van der Waals surface area contributed by atoms with Crippen LogP contribution in [-0.2, 0) is 0 Å². The summed E-state index contributed by atoms with van der Waals surface area (Å²) in [6.07, 6.45) is 1.96. The molecule has 1 unspecified atom stereocenters. The van der Waals surface area contributed by atoms with Crippen molar-refractivity contribution >= 4 is 23.2 Å². The summed E-state index contributed by atoms with van der Waals surface area (Å²) in [5.41, 5.74) is 0.437. The zero-order valence-corrected chi connectivity index (χ0v) is 12.5. The van der Waals surface area contributed by atoms with E-state index >= 15 is 0 Å². The number of halogens is 2. The largest absolute Gasteiger partial charge is 0.488 e. The van der Waals surface area contributed by atoms with Crippen molar-refractivity contribution in [2.75, 3.05) is 19.7 Å². The minimum Gasteiger partial charge on any atom is -0.488 e. The van der Waals surface area contributed by atoms with Gasteiger partial charge in [0.2, 0.25) is 0 Å². The van der Waals surface area contributed by atoms with Gasteiger partial charge in [-0.15, -0.1) is 0 Å². The maximum atomic E-state index is 9.84. The second-order valence-electron chi connectivity index (χ2n) is 5.46. The molecule has 0 heterocycles. The fourth-order valence-electron chi connectivity index (χ4n) is 1.79. The third kappa shape index (κ3) is 4.53. The molecule has 0 bridgehead atoms. The Bertz CT molecular complexity index is 415. The minimum absolute atomic E-state index is 0.174. The molecule has 0 aromatic heterocycles. The molecule has 1 fully saturated rings. The number of aliphatic hydroxyl groups excluding tert-OH is 1. The van der Waals surface area contributed by atoms with Gasteiger partial charge in [-0.3, -0.25) is 0 Å². The van der Waals surface area contributed by atoms with E-state index in [-0.39, 0.29) is 6.61 Å². The summed E-state index contributed by atoms with van der Waals surface area (Å²) in [6, 6.07) is 5.18. The predicted octanol–water partition coefficient (Wildman–Crippen LogP) is 3.12. The number of aliphatic hydroxyl groups is 1. The molecule has 0 spiro atoms. The predicted molar refractivity (Wildman–Crippen MR) is 78.2 cm³/mol. The van der Waals surface area contributed by atoms with Crippen LogP contribution < -0.4 is 10.1 Å². The molecule has 2 rings (SSSR count). The summed E-state index contributed by atoms with van der Waals surface area (Å²) in [6.45, 7) is 3.87. The van der Waals surface area contributed by atoms with Crippen molar-refractivity contribution in [2.45, 2.75) is 25.9 Å². The van der Waals surface area contributed by atoms with Gasteiger partial charge in [-0.25, -0.2) is 0 Å². The zero-order valence-electron chi connectivity index (χ0n) is 11.0. The second-order valence-corrected chi connectivity index (χ2v) is 6.27. The van der Waals surface area contributed by atoms with Gasteiger partial charge in [-0.05, 0) is 30.4 Å². The number of hydrogen-bond donors (Lipinski definition) is 2. The smallest absolute Gasteiger partial charge is 0.156 e. The van der Waals surface area contributed by atoms with Crippen molar-refractivity contribution < 1.29 is 9.84 Å². The van der Waals surface area contributed by atoms with Gasteiger partial charge in [0, 0.05) is 13.1 Å². The number of nitrogens with one attached hydrogen (secondary N) is 1. The normalized spacial score (nSPS) is 18.1. The summed E-state index contributed by atoms with van der Waals surface area (Å²) in [5, 5.41) is 14.0.